The van der Waals surface area contributed by atoms with E-state index in [2.05, 4.69) is 25.4 Å². The van der Waals surface area contributed by atoms with E-state index in [-0.39, 0.29) is 23.1 Å². The van der Waals surface area contributed by atoms with Gasteiger partial charge in [0.1, 0.15) is 11.6 Å². The van der Waals surface area contributed by atoms with Gasteiger partial charge in [-0.2, -0.15) is 9.61 Å². The van der Waals surface area contributed by atoms with Crippen LogP contribution in [0, 0.1) is 11.6 Å². The number of imidazole rings is 1. The van der Waals surface area contributed by atoms with Crippen LogP contribution in [0.1, 0.15) is 11.5 Å². The van der Waals surface area contributed by atoms with Crippen LogP contribution < -0.4 is 5.32 Å². The van der Waals surface area contributed by atoms with Crippen molar-refractivity contribution in [2.75, 3.05) is 5.32 Å². The van der Waals surface area contributed by atoms with E-state index >= 15 is 0 Å². The number of hydrogen-bond donors (Lipinski definition) is 1. The lowest BCUT2D eigenvalue weighted by Crippen LogP contribution is -2.09. The van der Waals surface area contributed by atoms with Crippen LogP contribution >= 0.6 is 0 Å². The van der Waals surface area contributed by atoms with Gasteiger partial charge < -0.3 is 5.32 Å². The summed E-state index contributed by atoms with van der Waals surface area (Å²) in [6.45, 7) is 0. The number of aliphatic imine (C=N–C) groups is 1. The van der Waals surface area contributed by atoms with Gasteiger partial charge in [0, 0.05) is 24.4 Å². The summed E-state index contributed by atoms with van der Waals surface area (Å²) in [5.41, 5.74) is 2.03. The Balaban J connectivity index is 1.55. The van der Waals surface area contributed by atoms with Crippen LogP contribution in [0.3, 0.4) is 0 Å². The van der Waals surface area contributed by atoms with Crippen molar-refractivity contribution in [3.05, 3.63) is 84.3 Å². The second kappa shape index (κ2) is 7.52. The lowest BCUT2D eigenvalue weighted by Gasteiger charge is -2.15. The third-order valence-electron chi connectivity index (χ3n) is 4.87. The molecule has 0 fully saturated rings. The molecule has 1 atom stereocenters. The van der Waals surface area contributed by atoms with Crippen LogP contribution in [0.5, 0.6) is 0 Å². The first kappa shape index (κ1) is 18.7. The first-order valence-corrected chi connectivity index (χ1v) is 9.36. The summed E-state index contributed by atoms with van der Waals surface area (Å²) in [5.74, 6) is -1.58. The number of halogens is 2. The Bertz CT molecular complexity index is 1340. The molecule has 0 saturated heterocycles. The third kappa shape index (κ3) is 3.46. The van der Waals surface area contributed by atoms with E-state index in [1.54, 1.807) is 36.9 Å². The molecule has 9 heteroatoms. The highest BCUT2D eigenvalue weighted by Gasteiger charge is 2.17. The number of fused-ring (bicyclic) bond motifs is 1. The van der Waals surface area contributed by atoms with Crippen molar-refractivity contribution in [3.63, 3.8) is 0 Å². The number of hydrogen-bond acceptors (Lipinski definition) is 5. The van der Waals surface area contributed by atoms with E-state index in [1.807, 2.05) is 6.07 Å². The van der Waals surface area contributed by atoms with Gasteiger partial charge in [-0.3, -0.25) is 9.78 Å². The molecule has 1 aliphatic heterocycles. The second-order valence-electron chi connectivity index (χ2n) is 6.82. The summed E-state index contributed by atoms with van der Waals surface area (Å²) in [6.07, 6.45) is 9.57. The molecule has 0 aliphatic carbocycles. The lowest BCUT2D eigenvalue weighted by molar-refractivity contribution is -0.113. The smallest absolute Gasteiger partial charge is 0.269 e. The predicted octanol–water partition coefficient (Wildman–Crippen LogP) is 4.06. The number of pyridine rings is 1. The van der Waals surface area contributed by atoms with Crippen molar-refractivity contribution in [2.24, 2.45) is 4.99 Å². The molecular weight excluding hydrogens is 402 g/mol. The summed E-state index contributed by atoms with van der Waals surface area (Å²) < 4.78 is 29.9. The van der Waals surface area contributed by atoms with E-state index < -0.39 is 11.6 Å². The van der Waals surface area contributed by atoms with Crippen LogP contribution in [0.15, 0.2) is 72.1 Å². The summed E-state index contributed by atoms with van der Waals surface area (Å²) in [4.78, 5) is 23.7. The highest BCUT2D eigenvalue weighted by atomic mass is 19.1. The van der Waals surface area contributed by atoms with Crippen molar-refractivity contribution < 1.29 is 13.6 Å². The summed E-state index contributed by atoms with van der Waals surface area (Å²) >= 11 is 0. The second-order valence-corrected chi connectivity index (χ2v) is 6.82. The Kier molecular flexibility index (Phi) is 4.55. The fourth-order valence-corrected chi connectivity index (χ4v) is 3.38. The number of allylic oxidation sites excluding steroid dienone is 1. The Morgan fingerprint density at radius 3 is 2.65 bits per heavy atom. The number of carbonyl (C=O) groups is 1. The van der Waals surface area contributed by atoms with Crippen molar-refractivity contribution in [2.45, 2.75) is 5.92 Å². The number of carbonyl (C=O) groups excluding carboxylic acids is 1. The van der Waals surface area contributed by atoms with Gasteiger partial charge in [-0.05, 0) is 35.9 Å². The third-order valence-corrected chi connectivity index (χ3v) is 4.87. The van der Waals surface area contributed by atoms with Crippen LogP contribution in [0.2, 0.25) is 0 Å². The molecule has 1 amide bonds. The highest BCUT2D eigenvalue weighted by molar-refractivity contribution is 5.98. The van der Waals surface area contributed by atoms with Gasteiger partial charge in [-0.25, -0.2) is 18.8 Å². The Morgan fingerprint density at radius 1 is 1.03 bits per heavy atom. The van der Waals surface area contributed by atoms with Gasteiger partial charge in [-0.15, -0.1) is 0 Å². The number of benzene rings is 1. The minimum Gasteiger partial charge on any atom is -0.322 e. The van der Waals surface area contributed by atoms with Gasteiger partial charge in [0.05, 0.1) is 34.9 Å². The van der Waals surface area contributed by atoms with Crippen molar-refractivity contribution in [3.8, 4) is 11.3 Å². The first-order chi connectivity index (χ1) is 15.1. The van der Waals surface area contributed by atoms with Gasteiger partial charge >= 0.3 is 0 Å². The molecule has 0 bridgehead atoms. The molecule has 5 rings (SSSR count). The van der Waals surface area contributed by atoms with Gasteiger partial charge in [-0.1, -0.05) is 12.1 Å². The molecule has 31 heavy (non-hydrogen) atoms. The van der Waals surface area contributed by atoms with Gasteiger partial charge in [0.25, 0.3) is 5.91 Å². The largest absolute Gasteiger partial charge is 0.322 e. The maximum absolute atomic E-state index is 14.2. The molecule has 1 unspecified atom stereocenters. The maximum Gasteiger partial charge on any atom is 0.269 e. The summed E-state index contributed by atoms with van der Waals surface area (Å²) in [7, 11) is 0. The fourth-order valence-electron chi connectivity index (χ4n) is 3.38. The monoisotopic (exact) mass is 416 g/mol. The van der Waals surface area contributed by atoms with Gasteiger partial charge in [0.2, 0.25) is 5.95 Å². The number of rotatable bonds is 4. The van der Waals surface area contributed by atoms with Crippen LogP contribution in [-0.4, -0.2) is 31.7 Å². The van der Waals surface area contributed by atoms with E-state index in [1.165, 1.54) is 34.9 Å². The zero-order chi connectivity index (χ0) is 21.4. The quantitative estimate of drug-likeness (QED) is 0.542. The summed E-state index contributed by atoms with van der Waals surface area (Å²) in [6, 6.07) is 8.70. The minimum absolute atomic E-state index is 0.136. The Labute approximate surface area is 174 Å². The molecule has 152 valence electrons. The van der Waals surface area contributed by atoms with Crippen LogP contribution in [-0.2, 0) is 4.79 Å². The number of anilines is 2. The molecular formula is C22H14F2N6O. The first-order valence-electron chi connectivity index (χ1n) is 9.36. The standard InChI is InChI=1S/C22H14F2N6O/c23-16-2-1-3-17(24)21(16)18-6-5-14-11-27-22(30(14)29-18)28-19-12-25-9-8-15(19)13-4-7-20(31)26-10-13/h1-13H,(H,27,28). The van der Waals surface area contributed by atoms with Crippen molar-refractivity contribution in [1.29, 1.82) is 0 Å². The SMILES string of the molecule is O=C1C=CC(c2ccncc2Nc2ncc3ccc(-c4c(F)cccc4F)nn23)C=N1. The van der Waals surface area contributed by atoms with Crippen LogP contribution in [0.25, 0.3) is 16.8 Å². The van der Waals surface area contributed by atoms with E-state index in [9.17, 15) is 13.6 Å². The zero-order valence-electron chi connectivity index (χ0n) is 15.9. The molecule has 4 heterocycles. The number of dihydropyridines is 1. The number of aromatic nitrogens is 4. The topological polar surface area (TPSA) is 84.5 Å². The fraction of sp³-hybridized carbons (Fsp3) is 0.0455. The zero-order valence-corrected chi connectivity index (χ0v) is 15.9. The Hall–Kier alpha value is -4.27. The molecule has 0 saturated carbocycles. The molecule has 0 radical (unpaired) electrons. The van der Waals surface area contributed by atoms with Gasteiger partial charge in [0.15, 0.2) is 0 Å². The molecule has 0 spiro atoms. The molecule has 1 aliphatic rings. The number of amides is 1. The number of nitrogens with one attached hydrogen (secondary N) is 1. The molecule has 3 aromatic heterocycles. The minimum atomic E-state index is -0.700. The highest BCUT2D eigenvalue weighted by Crippen LogP contribution is 2.29. The maximum atomic E-state index is 14.2. The lowest BCUT2D eigenvalue weighted by atomic mass is 9.98. The average Bonchev–Trinajstić information content (AvgIpc) is 3.17. The normalized spacial score (nSPS) is 15.5. The molecule has 1 N–H and O–H groups in total. The van der Waals surface area contributed by atoms with Crippen molar-refractivity contribution in [1.82, 2.24) is 19.6 Å². The number of nitrogens with zero attached hydrogens (tertiary/aromatic N) is 5. The van der Waals surface area contributed by atoms with Crippen molar-refractivity contribution >= 4 is 29.3 Å². The van der Waals surface area contributed by atoms with E-state index in [0.29, 0.717) is 17.2 Å². The van der Waals surface area contributed by atoms with E-state index in [0.717, 1.165) is 5.56 Å². The predicted molar refractivity (Wildman–Crippen MR) is 111 cm³/mol. The van der Waals surface area contributed by atoms with Crippen LogP contribution in [0.4, 0.5) is 20.4 Å². The molecule has 4 aromatic rings. The Morgan fingerprint density at radius 2 is 1.87 bits per heavy atom. The average molecular weight is 416 g/mol. The van der Waals surface area contributed by atoms with E-state index in [4.69, 9.17) is 0 Å². The molecule has 7 nitrogen and oxygen atoms in total. The molecule has 1 aromatic carbocycles. The summed E-state index contributed by atoms with van der Waals surface area (Å²) in [5, 5.41) is 7.55.